The van der Waals surface area contributed by atoms with Gasteiger partial charge >= 0.3 is 5.97 Å². The minimum absolute atomic E-state index is 0.0908. The third kappa shape index (κ3) is 27.9. The number of ether oxygens (including phenoxy) is 1. The van der Waals surface area contributed by atoms with Gasteiger partial charge in [-0.2, -0.15) is 0 Å². The summed E-state index contributed by atoms with van der Waals surface area (Å²) in [4.78, 5) is 11.0. The van der Waals surface area contributed by atoms with Crippen molar-refractivity contribution in [2.75, 3.05) is 7.11 Å². The zero-order valence-electron chi connectivity index (χ0n) is 23.5. The Balaban J connectivity index is 3.62. The number of allylic oxidation sites excluding steroid dienone is 8. The largest absolute Gasteiger partial charge is 0.504 e. The number of esters is 1. The summed E-state index contributed by atoms with van der Waals surface area (Å²) < 4.78 is 4.65. The van der Waals surface area contributed by atoms with E-state index in [1.165, 1.54) is 58.5 Å². The molecule has 37 heavy (non-hydrogen) atoms. The Morgan fingerprint density at radius 3 is 2.14 bits per heavy atom. The van der Waals surface area contributed by atoms with Crippen molar-refractivity contribution in [3.8, 4) is 0 Å². The van der Waals surface area contributed by atoms with Crippen LogP contribution in [0.25, 0.3) is 0 Å². The molecule has 0 aromatic carbocycles. The fraction of sp³-hybridized carbons (Fsp3) is 0.576. The predicted octanol–water partition coefficient (Wildman–Crippen LogP) is 9.16. The smallest absolute Gasteiger partial charge is 0.305 e. The predicted molar refractivity (Wildman–Crippen MR) is 157 cm³/mol. The summed E-state index contributed by atoms with van der Waals surface area (Å²) in [6, 6.07) is 0. The molecule has 0 spiro atoms. The summed E-state index contributed by atoms with van der Waals surface area (Å²) >= 11 is 0. The first-order chi connectivity index (χ1) is 18.1. The number of hydrogen-bond acceptors (Lipinski definition) is 4. The van der Waals surface area contributed by atoms with Crippen molar-refractivity contribution in [1.82, 2.24) is 0 Å². The maximum atomic E-state index is 11.0. The molecule has 0 aliphatic carbocycles. The van der Waals surface area contributed by atoms with Gasteiger partial charge in [0.1, 0.15) is 5.76 Å². The highest BCUT2D eigenvalue weighted by Gasteiger charge is 1.99. The first-order valence-electron chi connectivity index (χ1n) is 14.3. The second kappa shape index (κ2) is 28.0. The van der Waals surface area contributed by atoms with Crippen LogP contribution in [0.2, 0.25) is 0 Å². The average molecular weight is 513 g/mol. The summed E-state index contributed by atoms with van der Waals surface area (Å²) in [6.07, 6.45) is 37.9. The van der Waals surface area contributed by atoms with Gasteiger partial charge in [-0.05, 0) is 44.6 Å². The van der Waals surface area contributed by atoms with E-state index in [2.05, 4.69) is 35.6 Å². The zero-order valence-corrected chi connectivity index (χ0v) is 23.5. The Hall–Kier alpha value is -2.55. The van der Waals surface area contributed by atoms with Crippen molar-refractivity contribution in [2.45, 2.75) is 116 Å². The number of carbonyl (C=O) groups excluding carboxylic acids is 1. The van der Waals surface area contributed by atoms with Crippen LogP contribution < -0.4 is 0 Å². The lowest BCUT2D eigenvalue weighted by atomic mass is 10.1. The number of unbranched alkanes of at least 4 members (excludes halogenated alkanes) is 10. The molecule has 208 valence electrons. The fourth-order valence-electron chi connectivity index (χ4n) is 3.63. The van der Waals surface area contributed by atoms with Crippen molar-refractivity contribution < 1.29 is 19.7 Å². The second-order valence-corrected chi connectivity index (χ2v) is 9.24. The molecule has 4 heteroatoms. The molecule has 0 aromatic heterocycles. The monoisotopic (exact) mass is 512 g/mol. The molecule has 0 aromatic rings. The van der Waals surface area contributed by atoms with E-state index in [-0.39, 0.29) is 11.7 Å². The van der Waals surface area contributed by atoms with E-state index in [0.717, 1.165) is 32.1 Å². The first-order valence-corrected chi connectivity index (χ1v) is 14.3. The maximum Gasteiger partial charge on any atom is 0.305 e. The molecule has 0 heterocycles. The van der Waals surface area contributed by atoms with Crippen LogP contribution in [0, 0.1) is 0 Å². The van der Waals surface area contributed by atoms with Gasteiger partial charge < -0.3 is 14.9 Å². The third-order valence-electron chi connectivity index (χ3n) is 5.83. The average Bonchev–Trinajstić information content (AvgIpc) is 2.89. The van der Waals surface area contributed by atoms with E-state index < -0.39 is 6.10 Å². The van der Waals surface area contributed by atoms with E-state index in [1.54, 1.807) is 24.3 Å². The Labute approximate surface area is 226 Å². The molecule has 0 unspecified atom stereocenters. The van der Waals surface area contributed by atoms with Gasteiger partial charge in [0, 0.05) is 12.8 Å². The molecule has 1 atom stereocenters. The summed E-state index contributed by atoms with van der Waals surface area (Å²) in [6.45, 7) is 2.05. The molecule has 0 rings (SSSR count). The first kappa shape index (κ1) is 34.5. The van der Waals surface area contributed by atoms with Gasteiger partial charge in [-0.1, -0.05) is 125 Å². The van der Waals surface area contributed by atoms with Crippen LogP contribution in [0.1, 0.15) is 110 Å². The molecule has 4 nitrogen and oxygen atoms in total. The van der Waals surface area contributed by atoms with Gasteiger partial charge in [0.05, 0.1) is 13.2 Å². The summed E-state index contributed by atoms with van der Waals surface area (Å²) in [5, 5.41) is 19.6. The SMILES string of the molecule is CC/C=C\CC(O)=C=C/C=C/C=C/[C@H](O)C/C=C\C/C=C\CCCCCCCCCCCCC(=O)OC. The van der Waals surface area contributed by atoms with Gasteiger partial charge in [-0.15, -0.1) is 0 Å². The number of methoxy groups -OCH3 is 1. The van der Waals surface area contributed by atoms with Crippen molar-refractivity contribution in [3.63, 3.8) is 0 Å². The van der Waals surface area contributed by atoms with Crippen molar-refractivity contribution in [3.05, 3.63) is 78.3 Å². The lowest BCUT2D eigenvalue weighted by Crippen LogP contribution is -1.99. The number of aliphatic hydroxyl groups is 2. The minimum atomic E-state index is -0.497. The van der Waals surface area contributed by atoms with E-state index in [0.29, 0.717) is 19.3 Å². The van der Waals surface area contributed by atoms with Crippen molar-refractivity contribution >= 4 is 5.97 Å². The Bertz CT molecular complexity index is 748. The van der Waals surface area contributed by atoms with Crippen LogP contribution in [0.4, 0.5) is 0 Å². The van der Waals surface area contributed by atoms with Gasteiger partial charge in [0.25, 0.3) is 0 Å². The number of hydrogen-bond donors (Lipinski definition) is 2. The Morgan fingerprint density at radius 2 is 1.46 bits per heavy atom. The lowest BCUT2D eigenvalue weighted by Gasteiger charge is -2.02. The fourth-order valence-corrected chi connectivity index (χ4v) is 3.63. The molecule has 0 aliphatic rings. The molecular formula is C33H52O4. The van der Waals surface area contributed by atoms with Gasteiger partial charge in [0.2, 0.25) is 0 Å². The van der Waals surface area contributed by atoms with Gasteiger partial charge in [-0.3, -0.25) is 4.79 Å². The topological polar surface area (TPSA) is 66.8 Å². The summed E-state index contributed by atoms with van der Waals surface area (Å²) in [5.74, 6) is 0.119. The molecule has 0 saturated heterocycles. The molecule has 0 amide bonds. The van der Waals surface area contributed by atoms with Crippen molar-refractivity contribution in [2.24, 2.45) is 0 Å². The number of rotatable bonds is 23. The van der Waals surface area contributed by atoms with Crippen LogP contribution in [-0.2, 0) is 9.53 Å². The Morgan fingerprint density at radius 1 is 0.811 bits per heavy atom. The van der Waals surface area contributed by atoms with E-state index in [4.69, 9.17) is 0 Å². The highest BCUT2D eigenvalue weighted by molar-refractivity contribution is 5.68. The molecule has 0 saturated carbocycles. The van der Waals surface area contributed by atoms with E-state index in [1.807, 2.05) is 24.3 Å². The third-order valence-corrected chi connectivity index (χ3v) is 5.83. The molecule has 2 N–H and O–H groups in total. The van der Waals surface area contributed by atoms with Crippen LogP contribution >= 0.6 is 0 Å². The Kier molecular flexibility index (Phi) is 26.1. The van der Waals surface area contributed by atoms with E-state index >= 15 is 0 Å². The van der Waals surface area contributed by atoms with Crippen LogP contribution in [0.5, 0.6) is 0 Å². The highest BCUT2D eigenvalue weighted by Crippen LogP contribution is 2.12. The van der Waals surface area contributed by atoms with Crippen LogP contribution in [-0.4, -0.2) is 29.4 Å². The van der Waals surface area contributed by atoms with Crippen molar-refractivity contribution in [1.29, 1.82) is 0 Å². The van der Waals surface area contributed by atoms with Crippen LogP contribution in [0.15, 0.2) is 78.3 Å². The zero-order chi connectivity index (χ0) is 27.2. The molecule has 0 aliphatic heterocycles. The maximum absolute atomic E-state index is 11.0. The lowest BCUT2D eigenvalue weighted by molar-refractivity contribution is -0.140. The van der Waals surface area contributed by atoms with Gasteiger partial charge in [0.15, 0.2) is 0 Å². The molecule has 0 fully saturated rings. The molecule has 0 bridgehead atoms. The number of carbonyl (C=O) groups is 1. The highest BCUT2D eigenvalue weighted by atomic mass is 16.5. The van der Waals surface area contributed by atoms with Crippen LogP contribution in [0.3, 0.4) is 0 Å². The molecule has 0 radical (unpaired) electrons. The van der Waals surface area contributed by atoms with Gasteiger partial charge in [-0.25, -0.2) is 0 Å². The standard InChI is InChI=1S/C33H52O4/c1-3-4-21-26-31(34)28-23-19-20-24-29-32(35)27-22-17-15-13-11-9-7-5-6-8-10-12-14-16-18-25-30-33(36)37-2/h4,11,13,17,19-24,29,32,34-35H,3,5-10,12,14-16,18,25-27,30H2,1-2H3/b13-11-,20-19+,21-4-,22-17-,29-24+/t28?,32-/m1/s1. The minimum Gasteiger partial charge on any atom is -0.504 e. The summed E-state index contributed by atoms with van der Waals surface area (Å²) in [5.41, 5.74) is 2.81. The van der Waals surface area contributed by atoms with E-state index in [9.17, 15) is 15.0 Å². The second-order valence-electron chi connectivity index (χ2n) is 9.24. The summed E-state index contributed by atoms with van der Waals surface area (Å²) in [7, 11) is 1.45. The molecular weight excluding hydrogens is 460 g/mol. The number of aliphatic hydroxyl groups excluding tert-OH is 2. The normalized spacial score (nSPS) is 12.8. The quantitative estimate of drug-likeness (QED) is 0.0358.